The van der Waals surface area contributed by atoms with Crippen LogP contribution in [0.3, 0.4) is 0 Å². The van der Waals surface area contributed by atoms with Crippen molar-refractivity contribution in [1.29, 1.82) is 0 Å². The molecule has 140 valence electrons. The quantitative estimate of drug-likeness (QED) is 0.428. The largest absolute Gasteiger partial charge is 0.382 e. The SMILES string of the molecule is Nc1n[nH]c2ccnc(-c3ccc(NC(=O)Nc4cc(F)ccc4F)cc3)c12. The third-order valence-electron chi connectivity index (χ3n) is 4.10. The molecule has 0 radical (unpaired) electrons. The number of benzene rings is 2. The molecular weight excluding hydrogens is 366 g/mol. The number of anilines is 3. The molecule has 9 heteroatoms. The molecule has 28 heavy (non-hydrogen) atoms. The monoisotopic (exact) mass is 380 g/mol. The van der Waals surface area contributed by atoms with Crippen LogP contribution in [-0.4, -0.2) is 21.2 Å². The number of rotatable bonds is 3. The maximum Gasteiger partial charge on any atom is 0.323 e. The van der Waals surface area contributed by atoms with Crippen LogP contribution < -0.4 is 16.4 Å². The first-order chi connectivity index (χ1) is 13.5. The van der Waals surface area contributed by atoms with Gasteiger partial charge in [-0.05, 0) is 30.3 Å². The first-order valence-electron chi connectivity index (χ1n) is 8.23. The van der Waals surface area contributed by atoms with E-state index < -0.39 is 17.7 Å². The molecule has 0 aliphatic rings. The zero-order valence-corrected chi connectivity index (χ0v) is 14.3. The van der Waals surface area contributed by atoms with E-state index in [1.165, 1.54) is 0 Å². The van der Waals surface area contributed by atoms with E-state index in [1.54, 1.807) is 36.5 Å². The van der Waals surface area contributed by atoms with E-state index in [0.29, 0.717) is 22.6 Å². The van der Waals surface area contributed by atoms with Gasteiger partial charge in [0.2, 0.25) is 0 Å². The number of urea groups is 1. The number of nitrogen functional groups attached to an aromatic ring is 1. The molecule has 0 aliphatic carbocycles. The lowest BCUT2D eigenvalue weighted by Gasteiger charge is -2.09. The fraction of sp³-hybridized carbons (Fsp3) is 0. The van der Waals surface area contributed by atoms with E-state index in [2.05, 4.69) is 25.8 Å². The van der Waals surface area contributed by atoms with Gasteiger partial charge in [0, 0.05) is 23.5 Å². The summed E-state index contributed by atoms with van der Waals surface area (Å²) in [5.74, 6) is -1.04. The van der Waals surface area contributed by atoms with Gasteiger partial charge in [0.15, 0.2) is 5.82 Å². The van der Waals surface area contributed by atoms with E-state index in [4.69, 9.17) is 5.73 Å². The minimum Gasteiger partial charge on any atom is -0.382 e. The highest BCUT2D eigenvalue weighted by Gasteiger charge is 2.12. The van der Waals surface area contributed by atoms with Crippen LogP contribution in [0.15, 0.2) is 54.7 Å². The lowest BCUT2D eigenvalue weighted by molar-refractivity contribution is 0.262. The number of hydrogen-bond acceptors (Lipinski definition) is 4. The zero-order chi connectivity index (χ0) is 19.7. The third kappa shape index (κ3) is 3.32. The molecule has 7 nitrogen and oxygen atoms in total. The molecule has 0 fully saturated rings. The normalized spacial score (nSPS) is 10.8. The number of hydrogen-bond donors (Lipinski definition) is 4. The number of amides is 2. The molecule has 0 unspecified atom stereocenters. The molecule has 2 amide bonds. The summed E-state index contributed by atoms with van der Waals surface area (Å²) in [7, 11) is 0. The van der Waals surface area contributed by atoms with Crippen LogP contribution in [0.2, 0.25) is 0 Å². The summed E-state index contributed by atoms with van der Waals surface area (Å²) >= 11 is 0. The molecule has 2 heterocycles. The summed E-state index contributed by atoms with van der Waals surface area (Å²) in [4.78, 5) is 16.4. The molecule has 2 aromatic heterocycles. The van der Waals surface area contributed by atoms with Gasteiger partial charge in [0.1, 0.15) is 11.6 Å². The standard InChI is InChI=1S/C19H14F2N6O/c20-11-3-6-13(21)15(9-11)25-19(28)24-12-4-1-10(2-5-12)17-16-14(7-8-23-17)26-27-18(16)22/h1-9H,(H3,22,26,27)(H2,24,25,28). The third-order valence-corrected chi connectivity index (χ3v) is 4.10. The number of nitrogens with zero attached hydrogens (tertiary/aromatic N) is 2. The van der Waals surface area contributed by atoms with Crippen LogP contribution in [-0.2, 0) is 0 Å². The van der Waals surface area contributed by atoms with Gasteiger partial charge in [-0.3, -0.25) is 10.1 Å². The number of nitrogens with one attached hydrogen (secondary N) is 3. The van der Waals surface area contributed by atoms with Gasteiger partial charge >= 0.3 is 6.03 Å². The lowest BCUT2D eigenvalue weighted by atomic mass is 10.1. The Labute approximate surface area is 157 Å². The molecule has 4 aromatic rings. The van der Waals surface area contributed by atoms with Crippen molar-refractivity contribution in [3.63, 3.8) is 0 Å². The van der Waals surface area contributed by atoms with E-state index in [0.717, 1.165) is 29.3 Å². The van der Waals surface area contributed by atoms with Gasteiger partial charge in [0.25, 0.3) is 0 Å². The molecule has 0 atom stereocenters. The van der Waals surface area contributed by atoms with E-state index in [-0.39, 0.29) is 5.69 Å². The smallest absolute Gasteiger partial charge is 0.323 e. The summed E-state index contributed by atoms with van der Waals surface area (Å²) in [6.45, 7) is 0. The highest BCUT2D eigenvalue weighted by molar-refractivity contribution is 6.01. The van der Waals surface area contributed by atoms with Crippen LogP contribution in [0.5, 0.6) is 0 Å². The second kappa shape index (κ2) is 6.95. The molecule has 5 N–H and O–H groups in total. The first kappa shape index (κ1) is 17.4. The topological polar surface area (TPSA) is 109 Å². The second-order valence-electron chi connectivity index (χ2n) is 5.97. The molecular formula is C19H14F2N6O. The van der Waals surface area contributed by atoms with Crippen molar-refractivity contribution >= 4 is 34.1 Å². The van der Waals surface area contributed by atoms with Crippen LogP contribution in [0, 0.1) is 11.6 Å². The second-order valence-corrected chi connectivity index (χ2v) is 5.97. The molecule has 0 bridgehead atoms. The van der Waals surface area contributed by atoms with Crippen LogP contribution >= 0.6 is 0 Å². The van der Waals surface area contributed by atoms with Crippen LogP contribution in [0.25, 0.3) is 22.2 Å². The van der Waals surface area contributed by atoms with Crippen LogP contribution in [0.1, 0.15) is 0 Å². The van der Waals surface area contributed by atoms with Gasteiger partial charge in [-0.15, -0.1) is 0 Å². The molecule has 0 aliphatic heterocycles. The average Bonchev–Trinajstić information content (AvgIpc) is 3.07. The highest BCUT2D eigenvalue weighted by atomic mass is 19.1. The van der Waals surface area contributed by atoms with E-state index in [1.807, 2.05) is 0 Å². The summed E-state index contributed by atoms with van der Waals surface area (Å²) in [6, 6.07) is 10.7. The van der Waals surface area contributed by atoms with Gasteiger partial charge < -0.3 is 16.4 Å². The summed E-state index contributed by atoms with van der Waals surface area (Å²) in [6.07, 6.45) is 1.64. The Bertz CT molecular complexity index is 1170. The van der Waals surface area contributed by atoms with Crippen molar-refractivity contribution in [2.45, 2.75) is 0 Å². The number of carbonyl (C=O) groups is 1. The molecule has 0 saturated carbocycles. The molecule has 2 aromatic carbocycles. The minimum absolute atomic E-state index is 0.250. The Morgan fingerprint density at radius 3 is 2.61 bits per heavy atom. The van der Waals surface area contributed by atoms with Crippen molar-refractivity contribution in [1.82, 2.24) is 15.2 Å². The lowest BCUT2D eigenvalue weighted by Crippen LogP contribution is -2.20. The predicted octanol–water partition coefficient (Wildman–Crippen LogP) is 4.13. The van der Waals surface area contributed by atoms with E-state index >= 15 is 0 Å². The van der Waals surface area contributed by atoms with E-state index in [9.17, 15) is 13.6 Å². The number of halogens is 2. The number of aromatic nitrogens is 3. The number of aromatic amines is 1. The Kier molecular flexibility index (Phi) is 4.32. The maximum absolute atomic E-state index is 13.6. The van der Waals surface area contributed by atoms with Gasteiger partial charge in [-0.1, -0.05) is 12.1 Å². The van der Waals surface area contributed by atoms with Crippen molar-refractivity contribution < 1.29 is 13.6 Å². The first-order valence-corrected chi connectivity index (χ1v) is 8.23. The number of H-pyrrole nitrogens is 1. The average molecular weight is 380 g/mol. The van der Waals surface area contributed by atoms with Gasteiger partial charge in [-0.25, -0.2) is 13.6 Å². The Morgan fingerprint density at radius 2 is 1.82 bits per heavy atom. The van der Waals surface area contributed by atoms with Gasteiger partial charge in [0.05, 0.1) is 22.3 Å². The Morgan fingerprint density at radius 1 is 1.04 bits per heavy atom. The number of nitrogens with two attached hydrogens (primary N) is 1. The van der Waals surface area contributed by atoms with Crippen molar-refractivity contribution in [3.05, 3.63) is 66.4 Å². The molecule has 4 rings (SSSR count). The van der Waals surface area contributed by atoms with Gasteiger partial charge in [-0.2, -0.15) is 5.10 Å². The molecule has 0 spiro atoms. The van der Waals surface area contributed by atoms with Crippen molar-refractivity contribution in [3.8, 4) is 11.3 Å². The number of pyridine rings is 1. The summed E-state index contributed by atoms with van der Waals surface area (Å²) < 4.78 is 26.8. The summed E-state index contributed by atoms with van der Waals surface area (Å²) in [5.41, 5.74) is 8.31. The number of carbonyl (C=O) groups excluding carboxylic acids is 1. The fourth-order valence-electron chi connectivity index (χ4n) is 2.80. The fourth-order valence-corrected chi connectivity index (χ4v) is 2.80. The maximum atomic E-state index is 13.6. The van der Waals surface area contributed by atoms with Crippen molar-refractivity contribution in [2.75, 3.05) is 16.4 Å². The van der Waals surface area contributed by atoms with Crippen molar-refractivity contribution in [2.24, 2.45) is 0 Å². The zero-order valence-electron chi connectivity index (χ0n) is 14.3. The minimum atomic E-state index is -0.733. The highest BCUT2D eigenvalue weighted by Crippen LogP contribution is 2.29. The number of fused-ring (bicyclic) bond motifs is 1. The Hall–Kier alpha value is -4.01. The summed E-state index contributed by atoms with van der Waals surface area (Å²) in [5, 5.41) is 12.3. The molecule has 0 saturated heterocycles. The predicted molar refractivity (Wildman–Crippen MR) is 103 cm³/mol. The Balaban J connectivity index is 1.52. The van der Waals surface area contributed by atoms with Crippen LogP contribution in [0.4, 0.5) is 30.8 Å².